The smallest absolute Gasteiger partial charge is 0.161 e. The monoisotopic (exact) mass is 1720 g/mol. The second-order valence-electron chi connectivity index (χ2n) is 41.5. The molecule has 121 heavy (non-hydrogen) atoms. The first-order valence-corrected chi connectivity index (χ1v) is 49.0. The highest BCUT2D eigenvalue weighted by molar-refractivity contribution is 4.99. The maximum absolute atomic E-state index is 5.77. The van der Waals surface area contributed by atoms with E-state index in [4.69, 9.17) is 114 Å². The molecule has 0 bridgehead atoms. The van der Waals surface area contributed by atoms with Crippen LogP contribution in [0, 0.1) is 142 Å². The van der Waals surface area contributed by atoms with Crippen LogP contribution in [0.5, 0.6) is 0 Å². The molecular weight excluding hydrogens is 1550 g/mol. The van der Waals surface area contributed by atoms with Crippen LogP contribution in [0.25, 0.3) is 0 Å². The lowest BCUT2D eigenvalue weighted by Crippen LogP contribution is -2.36. The van der Waals surface area contributed by atoms with E-state index in [0.29, 0.717) is 121 Å². The number of rotatable bonds is 18. The van der Waals surface area contributed by atoms with Gasteiger partial charge in [-0.3, -0.25) is 0 Å². The van der Waals surface area contributed by atoms with Gasteiger partial charge in [0.05, 0.1) is 149 Å². The van der Waals surface area contributed by atoms with Crippen molar-refractivity contribution in [3.8, 4) is 0 Å². The number of hydrogen-bond acceptors (Lipinski definition) is 24. The van der Waals surface area contributed by atoms with Crippen LogP contribution in [0.4, 0.5) is 0 Å². The third kappa shape index (κ3) is 31.6. The van der Waals surface area contributed by atoms with Gasteiger partial charge in [0, 0.05) is 79.3 Å². The van der Waals surface area contributed by atoms with E-state index in [-0.39, 0.29) is 81.4 Å². The van der Waals surface area contributed by atoms with Crippen molar-refractivity contribution >= 4 is 0 Å². The summed E-state index contributed by atoms with van der Waals surface area (Å²) in [6.45, 7) is 56.1. The molecule has 22 rings (SSSR count). The molecule has 22 fully saturated rings. The van der Waals surface area contributed by atoms with Crippen LogP contribution < -0.4 is 0 Å². The minimum atomic E-state index is 0.0453. The molecule has 0 aromatic carbocycles. The minimum absolute atomic E-state index is 0.0453. The van der Waals surface area contributed by atoms with Crippen LogP contribution in [0.3, 0.4) is 0 Å². The highest BCUT2D eigenvalue weighted by Gasteiger charge is 2.55. The maximum atomic E-state index is 5.77. The van der Waals surface area contributed by atoms with Crippen molar-refractivity contribution < 1.29 is 114 Å². The molecular formula is C97H172O24. The Morgan fingerprint density at radius 1 is 0.273 bits per heavy atom. The lowest BCUT2D eigenvalue weighted by atomic mass is 10.1. The summed E-state index contributed by atoms with van der Waals surface area (Å²) in [6, 6.07) is 0. The fourth-order valence-corrected chi connectivity index (χ4v) is 18.7. The van der Waals surface area contributed by atoms with Crippen molar-refractivity contribution in [2.45, 2.75) is 353 Å². The molecule has 24 nitrogen and oxygen atoms in total. The van der Waals surface area contributed by atoms with Gasteiger partial charge in [0.1, 0.15) is 6.10 Å². The highest BCUT2D eigenvalue weighted by atomic mass is 16.8. The Kier molecular flexibility index (Phi) is 39.2. The summed E-state index contributed by atoms with van der Waals surface area (Å²) in [5, 5.41) is 0. The summed E-state index contributed by atoms with van der Waals surface area (Å²) in [6.07, 6.45) is 23.6. The van der Waals surface area contributed by atoms with Gasteiger partial charge in [-0.25, -0.2) is 0 Å². The van der Waals surface area contributed by atoms with Crippen LogP contribution >= 0.6 is 0 Å². The molecule has 35 atom stereocenters. The summed E-state index contributed by atoms with van der Waals surface area (Å²) in [5.41, 5.74) is 0.474. The zero-order chi connectivity index (χ0) is 86.2. The Morgan fingerprint density at radius 2 is 0.554 bits per heavy atom. The average molecular weight is 1720 g/mol. The molecule has 0 radical (unpaired) electrons. The highest BCUT2D eigenvalue weighted by Crippen LogP contribution is 2.56. The largest absolute Gasteiger partial charge is 0.382 e. The van der Waals surface area contributed by atoms with Crippen LogP contribution in [-0.2, 0) is 114 Å². The van der Waals surface area contributed by atoms with Crippen LogP contribution in [-0.4, -0.2) is 238 Å². The fraction of sp³-hybridized carbons (Fsp3) is 1.00. The molecule has 35 unspecified atom stereocenters. The van der Waals surface area contributed by atoms with E-state index < -0.39 is 0 Å². The molecule has 22 aliphatic rings. The van der Waals surface area contributed by atoms with Crippen LogP contribution in [0.1, 0.15) is 241 Å². The molecule has 11 aliphatic carbocycles. The first-order chi connectivity index (χ1) is 58.2. The number of methoxy groups -OCH3 is 2. The van der Waals surface area contributed by atoms with E-state index in [1.165, 1.54) is 64.2 Å². The number of ether oxygens (including phenoxy) is 24. The SMILES string of the molecule is CC1(C)CC1C1OCCCO1.CC1C(C)C1C1OCCCO1.CC1CC1C1OCCCO1.CC1CC1C1OCCO1.CC1CCOC(C2CC2C)O1.CC1COC(C2C(C)C2C)O1.CC1COC(C2CC2C)O1.CCC1COC(C2CC2C)O1.CCCC1COC(C2CC2C)O1.COCC1CCOC(C2CC2C)O1.COCC1COC(C2CC2C)O1. The van der Waals surface area contributed by atoms with Gasteiger partial charge in [0.2, 0.25) is 0 Å². The van der Waals surface area contributed by atoms with Crippen molar-refractivity contribution in [2.75, 3.05) is 127 Å². The molecule has 0 spiro atoms. The Labute approximate surface area is 730 Å². The van der Waals surface area contributed by atoms with E-state index in [0.717, 1.165) is 208 Å². The van der Waals surface area contributed by atoms with Gasteiger partial charge in [-0.2, -0.15) is 0 Å². The molecule has 24 heteroatoms. The van der Waals surface area contributed by atoms with Crippen molar-refractivity contribution in [1.82, 2.24) is 0 Å². The zero-order valence-corrected chi connectivity index (χ0v) is 79.0. The molecule has 11 aliphatic heterocycles. The van der Waals surface area contributed by atoms with Gasteiger partial charge in [-0.1, -0.05) is 117 Å². The predicted molar refractivity (Wildman–Crippen MR) is 458 cm³/mol. The van der Waals surface area contributed by atoms with Gasteiger partial charge in [0.15, 0.2) is 69.2 Å². The minimum Gasteiger partial charge on any atom is -0.382 e. The Hall–Kier alpha value is -0.960. The van der Waals surface area contributed by atoms with Crippen molar-refractivity contribution in [2.24, 2.45) is 142 Å². The van der Waals surface area contributed by atoms with Crippen molar-refractivity contribution in [3.63, 3.8) is 0 Å². The third-order valence-electron chi connectivity index (χ3n) is 29.8. The van der Waals surface area contributed by atoms with Crippen LogP contribution in [0.15, 0.2) is 0 Å². The van der Waals surface area contributed by atoms with Crippen molar-refractivity contribution in [1.29, 1.82) is 0 Å². The lowest BCUT2D eigenvalue weighted by Gasteiger charge is -2.30. The third-order valence-corrected chi connectivity index (χ3v) is 29.8. The molecule has 0 amide bonds. The average Bonchev–Trinajstić information content (AvgIpc) is 1.62. The summed E-state index contributed by atoms with van der Waals surface area (Å²) in [4.78, 5) is 0. The van der Waals surface area contributed by atoms with Gasteiger partial charge >= 0.3 is 0 Å². The lowest BCUT2D eigenvalue weighted by molar-refractivity contribution is -0.231. The van der Waals surface area contributed by atoms with E-state index in [2.05, 4.69) is 132 Å². The summed E-state index contributed by atoms with van der Waals surface area (Å²) >= 11 is 0. The molecule has 0 N–H and O–H groups in total. The van der Waals surface area contributed by atoms with Crippen LogP contribution in [0.2, 0.25) is 0 Å². The summed E-state index contributed by atoms with van der Waals surface area (Å²) in [7, 11) is 3.41. The second-order valence-corrected chi connectivity index (χ2v) is 41.5. The first kappa shape index (κ1) is 99.1. The zero-order valence-electron chi connectivity index (χ0n) is 79.0. The quantitative estimate of drug-likeness (QED) is 0.124. The first-order valence-electron chi connectivity index (χ1n) is 49.0. The second kappa shape index (κ2) is 47.9. The fourth-order valence-electron chi connectivity index (χ4n) is 18.7. The number of hydrogen-bond donors (Lipinski definition) is 0. The standard InChI is InChI=1S/C10H18O3.C10H18O2.C9H16O3.5C9H16O2.2C8H14O2.C7H12O2/c1-7-5-9(7)10-12-4-3-8(13-10)6-11-2;1-3-4-8-6-11-10(12-8)9-5-7(9)2;1-6-3-8(6)9-11-5-7(12-9)4-10-2;1-5-4-10-9(11-5)8-6(2)7(8)3;1-6-5-8(6)9-10-4-3-7(2)11-9;1-9(2)6-7(9)8-10-4-3-5-11-8;1-6-7(2)8(6)9-10-4-3-5-11-9;1-3-7-5-10-9(11-7)8-4-6(8)2;1-5-3-7(5)8-9-4-6(2)10-8;1-6-5-7(6)8-9-3-2-4-10-8;1-5-4-6(5)7-8-2-3-9-7/h7-10H,3-6H2,1-2H3;7-10H,3-6H2,1-2H3;6-9H,3-5H2,1-2H3;5-9H,4H2,1-3H3;6-9H,3-5H2,1-2H3;7-8H,3-6H2,1-2H3;2*6-9H,3-5H2,1-2H3;5-8H,3-4H2,1-2H3;6-8H,2-5H2,1H3;5-7H,2-4H2,1H3. The predicted octanol–water partition coefficient (Wildman–Crippen LogP) is 17.1. The molecule has 11 saturated carbocycles. The van der Waals surface area contributed by atoms with E-state index in [1.54, 1.807) is 14.2 Å². The summed E-state index contributed by atoms with van der Waals surface area (Å²) in [5.74, 6) is 17.3. The van der Waals surface area contributed by atoms with E-state index >= 15 is 0 Å². The molecule has 0 aromatic heterocycles. The molecule has 11 heterocycles. The molecule has 0 aromatic rings. The van der Waals surface area contributed by atoms with Gasteiger partial charge in [0.25, 0.3) is 0 Å². The topological polar surface area (TPSA) is 222 Å². The maximum Gasteiger partial charge on any atom is 0.161 e. The Morgan fingerprint density at radius 3 is 0.909 bits per heavy atom. The van der Waals surface area contributed by atoms with Crippen molar-refractivity contribution in [3.05, 3.63) is 0 Å². The normalized spacial score (nSPS) is 46.9. The summed E-state index contributed by atoms with van der Waals surface area (Å²) < 4.78 is 132. The van der Waals surface area contributed by atoms with Gasteiger partial charge in [-0.05, 0) is 200 Å². The van der Waals surface area contributed by atoms with E-state index in [9.17, 15) is 0 Å². The molecule has 11 saturated heterocycles. The Bertz CT molecular complexity index is 2770. The Balaban J connectivity index is 0.000000122. The van der Waals surface area contributed by atoms with E-state index in [1.807, 2.05) is 0 Å². The molecule has 704 valence electrons. The van der Waals surface area contributed by atoms with Gasteiger partial charge in [-0.15, -0.1) is 0 Å². The van der Waals surface area contributed by atoms with Gasteiger partial charge < -0.3 is 114 Å².